The van der Waals surface area contributed by atoms with E-state index in [2.05, 4.69) is 24.3 Å². The van der Waals surface area contributed by atoms with E-state index in [1.165, 1.54) is 11.1 Å². The van der Waals surface area contributed by atoms with Crippen LogP contribution in [0.1, 0.15) is 31.2 Å². The van der Waals surface area contributed by atoms with Crippen LogP contribution in [0.4, 0.5) is 0 Å². The second-order valence-electron chi connectivity index (χ2n) is 5.72. The van der Waals surface area contributed by atoms with Crippen molar-refractivity contribution in [2.75, 3.05) is 0 Å². The van der Waals surface area contributed by atoms with Gasteiger partial charge in [-0.2, -0.15) is 0 Å². The van der Waals surface area contributed by atoms with Crippen molar-refractivity contribution >= 4 is 0 Å². The van der Waals surface area contributed by atoms with Gasteiger partial charge in [-0.3, -0.25) is 0 Å². The molecule has 0 spiro atoms. The first-order valence-electron chi connectivity index (χ1n) is 7.34. The van der Waals surface area contributed by atoms with Crippen LogP contribution in [0, 0.1) is 0 Å². The van der Waals surface area contributed by atoms with Crippen LogP contribution in [0.3, 0.4) is 0 Å². The molecule has 2 heteroatoms. The smallest absolute Gasteiger partial charge is 0.105 e. The molecule has 0 bridgehead atoms. The maximum Gasteiger partial charge on any atom is 0.105 e. The van der Waals surface area contributed by atoms with Gasteiger partial charge >= 0.3 is 0 Å². The molecule has 0 amide bonds. The lowest BCUT2D eigenvalue weighted by atomic mass is 9.76. The largest absolute Gasteiger partial charge is 0.384 e. The van der Waals surface area contributed by atoms with Gasteiger partial charge in [-0.25, -0.2) is 0 Å². The molecule has 1 aliphatic rings. The van der Waals surface area contributed by atoms with Gasteiger partial charge in [-0.05, 0) is 29.5 Å². The molecule has 3 rings (SSSR count). The Morgan fingerprint density at radius 2 is 1.55 bits per heavy atom. The van der Waals surface area contributed by atoms with Crippen molar-refractivity contribution in [3.05, 3.63) is 60.2 Å². The Balaban J connectivity index is 1.90. The second-order valence-corrected chi connectivity index (χ2v) is 5.72. The molecule has 2 aromatic rings. The molecular weight excluding hydrogens is 246 g/mol. The Bertz CT molecular complexity index is 564. The van der Waals surface area contributed by atoms with Crippen LogP contribution in [0.25, 0.3) is 11.1 Å². The van der Waals surface area contributed by atoms with Crippen LogP contribution >= 0.6 is 0 Å². The first-order chi connectivity index (χ1) is 9.70. The minimum atomic E-state index is -0.854. The maximum absolute atomic E-state index is 10.8. The van der Waals surface area contributed by atoms with Crippen molar-refractivity contribution in [1.29, 1.82) is 0 Å². The highest BCUT2D eigenvalue weighted by molar-refractivity contribution is 5.63. The average molecular weight is 267 g/mol. The van der Waals surface area contributed by atoms with Gasteiger partial charge in [0.05, 0.1) is 0 Å². The van der Waals surface area contributed by atoms with E-state index in [1.54, 1.807) is 0 Å². The van der Waals surface area contributed by atoms with E-state index in [-0.39, 0.29) is 6.04 Å². The summed E-state index contributed by atoms with van der Waals surface area (Å²) in [5, 5.41) is 10.8. The lowest BCUT2D eigenvalue weighted by Crippen LogP contribution is -2.47. The van der Waals surface area contributed by atoms with Gasteiger partial charge in [0, 0.05) is 6.04 Å². The first-order valence-corrected chi connectivity index (χ1v) is 7.34. The molecular formula is C18H21NO. The topological polar surface area (TPSA) is 46.2 Å². The zero-order valence-electron chi connectivity index (χ0n) is 11.6. The Morgan fingerprint density at radius 3 is 2.20 bits per heavy atom. The number of hydrogen-bond acceptors (Lipinski definition) is 2. The molecule has 2 nitrogen and oxygen atoms in total. The van der Waals surface area contributed by atoms with Crippen LogP contribution < -0.4 is 5.73 Å². The number of nitrogens with two attached hydrogens (primary N) is 1. The van der Waals surface area contributed by atoms with E-state index in [1.807, 2.05) is 30.3 Å². The Kier molecular flexibility index (Phi) is 3.60. The van der Waals surface area contributed by atoms with Gasteiger partial charge in [-0.15, -0.1) is 0 Å². The van der Waals surface area contributed by atoms with Crippen molar-refractivity contribution in [3.8, 4) is 11.1 Å². The number of rotatable bonds is 2. The van der Waals surface area contributed by atoms with Crippen LogP contribution in [0.2, 0.25) is 0 Å². The summed E-state index contributed by atoms with van der Waals surface area (Å²) in [4.78, 5) is 0. The molecule has 3 N–H and O–H groups in total. The molecule has 1 aliphatic carbocycles. The predicted octanol–water partition coefficient (Wildman–Crippen LogP) is 3.44. The molecule has 0 aliphatic heterocycles. The normalized spacial score (nSPS) is 26.4. The molecule has 0 aromatic heterocycles. The molecule has 2 atom stereocenters. The molecule has 1 fully saturated rings. The third-order valence-electron chi connectivity index (χ3n) is 4.43. The Labute approximate surface area is 120 Å². The van der Waals surface area contributed by atoms with Gasteiger partial charge in [-0.1, -0.05) is 67.4 Å². The summed E-state index contributed by atoms with van der Waals surface area (Å²) >= 11 is 0. The lowest BCUT2D eigenvalue weighted by Gasteiger charge is -2.38. The minimum Gasteiger partial charge on any atom is -0.384 e. The predicted molar refractivity (Wildman–Crippen MR) is 82.2 cm³/mol. The van der Waals surface area contributed by atoms with Crippen LogP contribution in [-0.2, 0) is 5.60 Å². The standard InChI is InChI=1S/C18H21NO/c19-17-8-4-5-13-18(17,20)16-11-9-15(10-12-16)14-6-2-1-3-7-14/h1-3,6-7,9-12,17,20H,4-5,8,13,19H2/t17-,18+/m0/s1. The van der Waals surface area contributed by atoms with Crippen LogP contribution in [-0.4, -0.2) is 11.1 Å². The molecule has 0 heterocycles. The summed E-state index contributed by atoms with van der Waals surface area (Å²) in [7, 11) is 0. The fraction of sp³-hybridized carbons (Fsp3) is 0.333. The number of hydrogen-bond donors (Lipinski definition) is 2. The van der Waals surface area contributed by atoms with E-state index >= 15 is 0 Å². The van der Waals surface area contributed by atoms with Gasteiger partial charge < -0.3 is 10.8 Å². The fourth-order valence-electron chi connectivity index (χ4n) is 3.12. The van der Waals surface area contributed by atoms with E-state index in [9.17, 15) is 5.11 Å². The quantitative estimate of drug-likeness (QED) is 0.875. The van der Waals surface area contributed by atoms with Crippen LogP contribution in [0.15, 0.2) is 54.6 Å². The van der Waals surface area contributed by atoms with Crippen molar-refractivity contribution in [2.45, 2.75) is 37.3 Å². The van der Waals surface area contributed by atoms with Crippen molar-refractivity contribution in [3.63, 3.8) is 0 Å². The highest BCUT2D eigenvalue weighted by atomic mass is 16.3. The Morgan fingerprint density at radius 1 is 0.900 bits per heavy atom. The highest BCUT2D eigenvalue weighted by Crippen LogP contribution is 2.36. The van der Waals surface area contributed by atoms with Crippen molar-refractivity contribution in [2.24, 2.45) is 5.73 Å². The van der Waals surface area contributed by atoms with E-state index < -0.39 is 5.60 Å². The monoisotopic (exact) mass is 267 g/mol. The third-order valence-corrected chi connectivity index (χ3v) is 4.43. The zero-order chi connectivity index (χ0) is 14.0. The zero-order valence-corrected chi connectivity index (χ0v) is 11.6. The number of aliphatic hydroxyl groups is 1. The molecule has 1 saturated carbocycles. The molecule has 104 valence electrons. The van der Waals surface area contributed by atoms with Gasteiger partial charge in [0.1, 0.15) is 5.60 Å². The van der Waals surface area contributed by atoms with E-state index in [0.29, 0.717) is 0 Å². The average Bonchev–Trinajstić information content (AvgIpc) is 2.51. The van der Waals surface area contributed by atoms with E-state index in [0.717, 1.165) is 31.2 Å². The summed E-state index contributed by atoms with van der Waals surface area (Å²) < 4.78 is 0. The molecule has 0 saturated heterocycles. The summed E-state index contributed by atoms with van der Waals surface area (Å²) in [6.45, 7) is 0. The fourth-order valence-corrected chi connectivity index (χ4v) is 3.12. The maximum atomic E-state index is 10.8. The second kappa shape index (κ2) is 5.39. The van der Waals surface area contributed by atoms with Gasteiger partial charge in [0.15, 0.2) is 0 Å². The minimum absolute atomic E-state index is 0.154. The van der Waals surface area contributed by atoms with Gasteiger partial charge in [0.25, 0.3) is 0 Å². The molecule has 2 aromatic carbocycles. The summed E-state index contributed by atoms with van der Waals surface area (Å²) in [5.41, 5.74) is 8.60. The van der Waals surface area contributed by atoms with Crippen molar-refractivity contribution < 1.29 is 5.11 Å². The van der Waals surface area contributed by atoms with Gasteiger partial charge in [0.2, 0.25) is 0 Å². The highest BCUT2D eigenvalue weighted by Gasteiger charge is 2.38. The van der Waals surface area contributed by atoms with E-state index in [4.69, 9.17) is 5.73 Å². The molecule has 0 radical (unpaired) electrons. The molecule has 20 heavy (non-hydrogen) atoms. The SMILES string of the molecule is N[C@H]1CCCC[C@@]1(O)c1ccc(-c2ccccc2)cc1. The summed E-state index contributed by atoms with van der Waals surface area (Å²) in [6, 6.07) is 18.3. The summed E-state index contributed by atoms with van der Waals surface area (Å²) in [5.74, 6) is 0. The number of benzene rings is 2. The molecule has 0 unspecified atom stereocenters. The summed E-state index contributed by atoms with van der Waals surface area (Å²) in [6.07, 6.45) is 3.83. The lowest BCUT2D eigenvalue weighted by molar-refractivity contribution is -0.0193. The van der Waals surface area contributed by atoms with Crippen molar-refractivity contribution in [1.82, 2.24) is 0 Å². The third kappa shape index (κ3) is 2.37. The first kappa shape index (κ1) is 13.3. The Hall–Kier alpha value is -1.64. The van der Waals surface area contributed by atoms with Crippen LogP contribution in [0.5, 0.6) is 0 Å².